The monoisotopic (exact) mass is 395 g/mol. The van der Waals surface area contributed by atoms with E-state index in [1.54, 1.807) is 31.4 Å². The third-order valence-corrected chi connectivity index (χ3v) is 4.24. The molecule has 2 aromatic carbocycles. The Bertz CT molecular complexity index is 709. The number of anilines is 1. The lowest BCUT2D eigenvalue weighted by Crippen LogP contribution is -3.11. The molecule has 6 heteroatoms. The van der Waals surface area contributed by atoms with Crippen LogP contribution in [0.4, 0.5) is 10.1 Å². The van der Waals surface area contributed by atoms with Gasteiger partial charge >= 0.3 is 0 Å². The molecule has 1 atom stereocenters. The van der Waals surface area contributed by atoms with E-state index < -0.39 is 0 Å². The number of rotatable bonds is 7. The third kappa shape index (κ3) is 5.04. The summed E-state index contributed by atoms with van der Waals surface area (Å²) in [5, 5.41) is 2.85. The first-order chi connectivity index (χ1) is 11.5. The first-order valence-corrected chi connectivity index (χ1v) is 8.53. The number of amides is 1. The lowest BCUT2D eigenvalue weighted by molar-refractivity contribution is -0.904. The summed E-state index contributed by atoms with van der Waals surface area (Å²) < 4.78 is 19.9. The van der Waals surface area contributed by atoms with Crippen LogP contribution < -0.4 is 15.0 Å². The highest BCUT2D eigenvalue weighted by atomic mass is 79.9. The number of ether oxygens (including phenoxy) is 1. The van der Waals surface area contributed by atoms with E-state index in [0.29, 0.717) is 28.0 Å². The summed E-state index contributed by atoms with van der Waals surface area (Å²) in [6.07, 6.45) is 0. The number of methoxy groups -OCH3 is 1. The van der Waals surface area contributed by atoms with E-state index in [2.05, 4.69) is 21.2 Å². The molecule has 24 heavy (non-hydrogen) atoms. The minimum atomic E-state index is -0.263. The van der Waals surface area contributed by atoms with Crippen molar-refractivity contribution >= 4 is 27.5 Å². The van der Waals surface area contributed by atoms with Crippen molar-refractivity contribution in [1.82, 2.24) is 0 Å². The lowest BCUT2D eigenvalue weighted by atomic mass is 10.2. The van der Waals surface area contributed by atoms with Gasteiger partial charge in [0.05, 0.1) is 19.3 Å². The van der Waals surface area contributed by atoms with E-state index in [1.165, 1.54) is 6.07 Å². The Labute approximate surface area is 149 Å². The van der Waals surface area contributed by atoms with Gasteiger partial charge in [-0.05, 0) is 37.3 Å². The fourth-order valence-electron chi connectivity index (χ4n) is 2.42. The summed E-state index contributed by atoms with van der Waals surface area (Å²) in [6.45, 7) is 3.40. The summed E-state index contributed by atoms with van der Waals surface area (Å²) >= 11 is 3.25. The van der Waals surface area contributed by atoms with Gasteiger partial charge < -0.3 is 15.0 Å². The first-order valence-electron chi connectivity index (χ1n) is 7.73. The van der Waals surface area contributed by atoms with Crippen molar-refractivity contribution in [3.8, 4) is 5.75 Å². The number of hydrogen-bond acceptors (Lipinski definition) is 2. The molecule has 1 unspecified atom stereocenters. The largest absolute Gasteiger partial charge is 0.495 e. The molecule has 128 valence electrons. The van der Waals surface area contributed by atoms with Gasteiger partial charge in [0.1, 0.15) is 18.1 Å². The zero-order valence-electron chi connectivity index (χ0n) is 13.7. The fourth-order valence-corrected chi connectivity index (χ4v) is 2.75. The molecule has 2 rings (SSSR count). The van der Waals surface area contributed by atoms with Crippen molar-refractivity contribution in [2.24, 2.45) is 0 Å². The van der Waals surface area contributed by atoms with Gasteiger partial charge in [-0.3, -0.25) is 4.79 Å². The van der Waals surface area contributed by atoms with Crippen LogP contribution in [0.25, 0.3) is 0 Å². The molecule has 2 N–H and O–H groups in total. The van der Waals surface area contributed by atoms with E-state index in [0.717, 1.165) is 11.4 Å². The average Bonchev–Trinajstić information content (AvgIpc) is 2.57. The maximum Gasteiger partial charge on any atom is 0.279 e. The predicted octanol–water partition coefficient (Wildman–Crippen LogP) is 2.64. The maximum absolute atomic E-state index is 14.0. The molecule has 0 heterocycles. The molecule has 0 fully saturated rings. The smallest absolute Gasteiger partial charge is 0.279 e. The maximum atomic E-state index is 14.0. The third-order valence-electron chi connectivity index (χ3n) is 3.75. The molecule has 0 bridgehead atoms. The molecule has 0 aliphatic rings. The highest BCUT2D eigenvalue weighted by Gasteiger charge is 2.16. The second-order valence-electron chi connectivity index (χ2n) is 5.44. The van der Waals surface area contributed by atoms with Gasteiger partial charge in [-0.1, -0.05) is 28.1 Å². The Hall–Kier alpha value is -1.92. The number of nitrogens with one attached hydrogen (secondary N) is 2. The molecule has 0 spiro atoms. The van der Waals surface area contributed by atoms with Gasteiger partial charge in [-0.2, -0.15) is 0 Å². The van der Waals surface area contributed by atoms with Crippen LogP contribution in [0.5, 0.6) is 5.75 Å². The fraction of sp³-hybridized carbons (Fsp3) is 0.278. The quantitative estimate of drug-likeness (QED) is 0.756. The molecule has 0 aliphatic carbocycles. The highest BCUT2D eigenvalue weighted by Crippen LogP contribution is 2.22. The molecule has 0 radical (unpaired) electrons. The number of hydrogen-bond donors (Lipinski definition) is 2. The minimum Gasteiger partial charge on any atom is -0.495 e. The van der Waals surface area contributed by atoms with E-state index in [9.17, 15) is 9.18 Å². The Morgan fingerprint density at radius 1 is 1.29 bits per heavy atom. The molecule has 0 saturated carbocycles. The minimum absolute atomic E-state index is 0.131. The van der Waals surface area contributed by atoms with E-state index in [-0.39, 0.29) is 18.3 Å². The van der Waals surface area contributed by atoms with Crippen LogP contribution in [0.2, 0.25) is 0 Å². The lowest BCUT2D eigenvalue weighted by Gasteiger charge is -2.18. The van der Waals surface area contributed by atoms with Crippen molar-refractivity contribution in [3.63, 3.8) is 0 Å². The molecular formula is C18H21BrFN2O2+. The summed E-state index contributed by atoms with van der Waals surface area (Å²) in [5.74, 6) is 0.220. The van der Waals surface area contributed by atoms with Crippen LogP contribution in [0.1, 0.15) is 12.5 Å². The van der Waals surface area contributed by atoms with Crippen molar-refractivity contribution in [1.29, 1.82) is 0 Å². The normalized spacial score (nSPS) is 11.8. The molecular weight excluding hydrogens is 375 g/mol. The van der Waals surface area contributed by atoms with Gasteiger partial charge in [0.25, 0.3) is 5.91 Å². The molecule has 2 aromatic rings. The summed E-state index contributed by atoms with van der Waals surface area (Å²) in [7, 11) is 1.56. The van der Waals surface area contributed by atoms with Crippen LogP contribution in [-0.2, 0) is 11.3 Å². The van der Waals surface area contributed by atoms with E-state index in [4.69, 9.17) is 4.74 Å². The Morgan fingerprint density at radius 2 is 2.04 bits per heavy atom. The van der Waals surface area contributed by atoms with Gasteiger partial charge in [-0.25, -0.2) is 4.39 Å². The number of carbonyl (C=O) groups excluding carboxylic acids is 1. The van der Waals surface area contributed by atoms with Crippen LogP contribution in [0.15, 0.2) is 46.9 Å². The highest BCUT2D eigenvalue weighted by molar-refractivity contribution is 9.10. The second-order valence-corrected chi connectivity index (χ2v) is 6.36. The van der Waals surface area contributed by atoms with Crippen LogP contribution in [0.3, 0.4) is 0 Å². The van der Waals surface area contributed by atoms with Crippen molar-refractivity contribution in [2.75, 3.05) is 25.5 Å². The zero-order chi connectivity index (χ0) is 17.5. The number of carbonyl (C=O) groups is 1. The molecule has 0 saturated heterocycles. The van der Waals surface area contributed by atoms with Crippen LogP contribution in [0, 0.1) is 5.82 Å². The van der Waals surface area contributed by atoms with Crippen LogP contribution in [-0.4, -0.2) is 26.1 Å². The SMILES string of the molecule is CC[NH+](CC(=O)Nc1ccccc1OC)Cc1ccc(Br)cc1F. The molecule has 0 aromatic heterocycles. The van der Waals surface area contributed by atoms with Crippen LogP contribution >= 0.6 is 15.9 Å². The Morgan fingerprint density at radius 3 is 2.71 bits per heavy atom. The topological polar surface area (TPSA) is 42.8 Å². The van der Waals surface area contributed by atoms with Gasteiger partial charge in [0, 0.05) is 10.0 Å². The van der Waals surface area contributed by atoms with E-state index >= 15 is 0 Å². The first kappa shape index (κ1) is 18.4. The van der Waals surface area contributed by atoms with Gasteiger partial charge in [0.15, 0.2) is 6.54 Å². The van der Waals surface area contributed by atoms with Crippen molar-refractivity contribution < 1.29 is 18.8 Å². The average molecular weight is 396 g/mol. The number of benzene rings is 2. The summed E-state index contributed by atoms with van der Waals surface area (Å²) in [5.41, 5.74) is 1.23. The number of para-hydroxylation sites is 2. The van der Waals surface area contributed by atoms with Crippen molar-refractivity contribution in [2.45, 2.75) is 13.5 Å². The second kappa shape index (κ2) is 8.80. The number of quaternary nitrogens is 1. The predicted molar refractivity (Wildman–Crippen MR) is 95.8 cm³/mol. The molecule has 1 amide bonds. The Balaban J connectivity index is 2.00. The molecule has 0 aliphatic heterocycles. The molecule has 4 nitrogen and oxygen atoms in total. The number of likely N-dealkylation sites (N-methyl/N-ethyl adjacent to an activating group) is 1. The standard InChI is InChI=1S/C18H20BrFN2O2/c1-3-22(11-13-8-9-14(19)10-15(13)20)12-18(23)21-16-6-4-5-7-17(16)24-2/h4-10H,3,11-12H2,1-2H3,(H,21,23)/p+1. The van der Waals surface area contributed by atoms with Gasteiger partial charge in [-0.15, -0.1) is 0 Å². The zero-order valence-corrected chi connectivity index (χ0v) is 15.3. The van der Waals surface area contributed by atoms with E-state index in [1.807, 2.05) is 19.1 Å². The number of halogens is 2. The van der Waals surface area contributed by atoms with Gasteiger partial charge in [0.2, 0.25) is 0 Å². The van der Waals surface area contributed by atoms with Crippen molar-refractivity contribution in [3.05, 3.63) is 58.3 Å². The summed E-state index contributed by atoms with van der Waals surface area (Å²) in [4.78, 5) is 13.3. The summed E-state index contributed by atoms with van der Waals surface area (Å²) in [6, 6.07) is 12.2. The Kier molecular flexibility index (Phi) is 6.75.